The molecule has 1 aromatic rings. The minimum absolute atomic E-state index is 0.117. The maximum atomic E-state index is 11.9. The molecule has 1 aromatic heterocycles. The molecule has 3 nitrogen and oxygen atoms in total. The predicted octanol–water partition coefficient (Wildman–Crippen LogP) is 3.58. The van der Waals surface area contributed by atoms with Gasteiger partial charge in [0.15, 0.2) is 0 Å². The van der Waals surface area contributed by atoms with Crippen molar-refractivity contribution < 1.29 is 9.63 Å². The van der Waals surface area contributed by atoms with Crippen molar-refractivity contribution in [1.29, 1.82) is 0 Å². The van der Waals surface area contributed by atoms with Gasteiger partial charge in [0.05, 0.1) is 11.5 Å². The molecule has 1 amide bonds. The van der Waals surface area contributed by atoms with Gasteiger partial charge in [0.25, 0.3) is 5.91 Å². The van der Waals surface area contributed by atoms with E-state index in [9.17, 15) is 4.79 Å². The Balaban J connectivity index is 2.10. The third-order valence-corrected chi connectivity index (χ3v) is 5.08. The number of carbonyl (C=O) groups excluding carboxylic acids is 1. The van der Waals surface area contributed by atoms with E-state index < -0.39 is 0 Å². The van der Waals surface area contributed by atoms with Gasteiger partial charge in [-0.25, -0.2) is 5.48 Å². The lowest BCUT2D eigenvalue weighted by Gasteiger charge is -2.33. The highest BCUT2D eigenvalue weighted by atomic mass is 32.1. The highest BCUT2D eigenvalue weighted by molar-refractivity contribution is 7.14. The third-order valence-electron chi connectivity index (χ3n) is 3.84. The average molecular weight is 281 g/mol. The predicted molar refractivity (Wildman–Crippen MR) is 78.4 cm³/mol. The average Bonchev–Trinajstić information content (AvgIpc) is 2.77. The lowest BCUT2D eigenvalue weighted by molar-refractivity contribution is 0.0368. The Bertz CT molecular complexity index is 459. The quantitative estimate of drug-likeness (QED) is 0.860. The summed E-state index contributed by atoms with van der Waals surface area (Å²) < 4.78 is 0. The fourth-order valence-electron chi connectivity index (χ4n) is 2.56. The maximum absolute atomic E-state index is 11.9. The van der Waals surface area contributed by atoms with Crippen molar-refractivity contribution in [1.82, 2.24) is 5.48 Å². The number of nitrogens with one attached hydrogen (secondary N) is 1. The number of hydrogen-bond donors (Lipinski definition) is 1. The molecular formula is C15H23NO2S. The van der Waals surface area contributed by atoms with Gasteiger partial charge in [-0.15, -0.1) is 11.3 Å². The van der Waals surface area contributed by atoms with Crippen LogP contribution in [0.5, 0.6) is 0 Å². The first-order valence-corrected chi connectivity index (χ1v) is 7.77. The molecule has 0 aliphatic heterocycles. The van der Waals surface area contributed by atoms with Gasteiger partial charge in [0.2, 0.25) is 0 Å². The Kier molecular flexibility index (Phi) is 4.31. The number of rotatable bonds is 3. The zero-order valence-corrected chi connectivity index (χ0v) is 13.0. The fraction of sp³-hybridized carbons (Fsp3) is 0.667. The monoisotopic (exact) mass is 281 g/mol. The zero-order valence-electron chi connectivity index (χ0n) is 12.2. The van der Waals surface area contributed by atoms with Gasteiger partial charge in [0.1, 0.15) is 0 Å². The number of amides is 1. The highest BCUT2D eigenvalue weighted by Gasteiger charge is 2.30. The second kappa shape index (κ2) is 5.63. The van der Waals surface area contributed by atoms with Gasteiger partial charge in [-0.05, 0) is 49.1 Å². The Morgan fingerprint density at radius 3 is 2.89 bits per heavy atom. The van der Waals surface area contributed by atoms with Crippen LogP contribution >= 0.6 is 11.3 Å². The first kappa shape index (κ1) is 14.5. The molecule has 106 valence electrons. The summed E-state index contributed by atoms with van der Waals surface area (Å²) in [6.07, 6.45) is 3.42. The highest BCUT2D eigenvalue weighted by Crippen LogP contribution is 2.39. The van der Waals surface area contributed by atoms with Crippen LogP contribution in [0.25, 0.3) is 0 Å². The van der Waals surface area contributed by atoms with Crippen LogP contribution in [0, 0.1) is 11.3 Å². The standard InChI is InChI=1S/C15H23NO2S/c1-5-18-16-14(17)13-9-10-8-11(15(2,3)4)6-7-12(10)19-13/h9,11H,5-8H2,1-4H3,(H,16,17)/t11-/m1/s1. The zero-order chi connectivity index (χ0) is 14.0. The van der Waals surface area contributed by atoms with Crippen LogP contribution in [0.4, 0.5) is 0 Å². The summed E-state index contributed by atoms with van der Waals surface area (Å²) in [6, 6.07) is 2.05. The summed E-state index contributed by atoms with van der Waals surface area (Å²) in [5.74, 6) is 0.589. The smallest absolute Gasteiger partial charge is 0.274 e. The molecule has 19 heavy (non-hydrogen) atoms. The summed E-state index contributed by atoms with van der Waals surface area (Å²) >= 11 is 1.61. The van der Waals surface area contributed by atoms with Crippen LogP contribution in [0.2, 0.25) is 0 Å². The molecule has 1 aliphatic rings. The first-order chi connectivity index (χ1) is 8.91. The molecule has 0 saturated carbocycles. The molecule has 2 rings (SSSR count). The van der Waals surface area contributed by atoms with Crippen LogP contribution in [-0.2, 0) is 17.7 Å². The minimum atomic E-state index is -0.117. The topological polar surface area (TPSA) is 38.3 Å². The van der Waals surface area contributed by atoms with E-state index in [1.807, 2.05) is 13.0 Å². The van der Waals surface area contributed by atoms with Crippen molar-refractivity contribution in [3.63, 3.8) is 0 Å². The largest absolute Gasteiger partial charge is 0.284 e. The van der Waals surface area contributed by atoms with Crippen molar-refractivity contribution in [3.05, 3.63) is 21.4 Å². The van der Waals surface area contributed by atoms with Crippen LogP contribution in [0.3, 0.4) is 0 Å². The molecule has 0 unspecified atom stereocenters. The fourth-order valence-corrected chi connectivity index (χ4v) is 3.66. The number of thiophene rings is 1. The summed E-state index contributed by atoms with van der Waals surface area (Å²) in [4.78, 5) is 19.0. The second-order valence-electron chi connectivity index (χ2n) is 6.23. The van der Waals surface area contributed by atoms with E-state index in [2.05, 4.69) is 26.3 Å². The summed E-state index contributed by atoms with van der Waals surface area (Å²) in [5.41, 5.74) is 4.17. The molecule has 0 bridgehead atoms. The first-order valence-electron chi connectivity index (χ1n) is 6.95. The Morgan fingerprint density at radius 1 is 1.53 bits per heavy atom. The van der Waals surface area contributed by atoms with E-state index in [4.69, 9.17) is 4.84 Å². The Hall–Kier alpha value is -0.870. The van der Waals surface area contributed by atoms with E-state index in [0.29, 0.717) is 17.9 Å². The molecule has 1 aliphatic carbocycles. The van der Waals surface area contributed by atoms with Gasteiger partial charge in [0, 0.05) is 4.88 Å². The number of carbonyl (C=O) groups is 1. The molecule has 0 radical (unpaired) electrons. The van der Waals surface area contributed by atoms with Gasteiger partial charge >= 0.3 is 0 Å². The number of fused-ring (bicyclic) bond motifs is 1. The molecule has 1 heterocycles. The van der Waals surface area contributed by atoms with E-state index in [1.54, 1.807) is 11.3 Å². The third kappa shape index (κ3) is 3.37. The van der Waals surface area contributed by atoms with Crippen molar-refractivity contribution in [2.24, 2.45) is 11.3 Å². The van der Waals surface area contributed by atoms with Gasteiger partial charge in [-0.1, -0.05) is 20.8 Å². The number of hydrogen-bond acceptors (Lipinski definition) is 3. The molecule has 0 saturated heterocycles. The summed E-state index contributed by atoms with van der Waals surface area (Å²) in [5, 5.41) is 0. The number of hydroxylamine groups is 1. The Morgan fingerprint density at radius 2 is 2.26 bits per heavy atom. The van der Waals surface area contributed by atoms with Crippen molar-refractivity contribution in [2.75, 3.05) is 6.61 Å². The van der Waals surface area contributed by atoms with Gasteiger partial charge in [-0.3, -0.25) is 9.63 Å². The Labute approximate surface area is 119 Å². The molecular weight excluding hydrogens is 258 g/mol. The normalized spacial score (nSPS) is 19.1. The van der Waals surface area contributed by atoms with Crippen LogP contribution < -0.4 is 5.48 Å². The van der Waals surface area contributed by atoms with Crippen molar-refractivity contribution in [3.8, 4) is 0 Å². The summed E-state index contributed by atoms with van der Waals surface area (Å²) in [7, 11) is 0. The van der Waals surface area contributed by atoms with E-state index in [-0.39, 0.29) is 5.91 Å². The molecule has 4 heteroatoms. The molecule has 0 aromatic carbocycles. The van der Waals surface area contributed by atoms with Gasteiger partial charge < -0.3 is 0 Å². The van der Waals surface area contributed by atoms with E-state index >= 15 is 0 Å². The van der Waals surface area contributed by atoms with Crippen molar-refractivity contribution in [2.45, 2.75) is 47.0 Å². The van der Waals surface area contributed by atoms with Crippen molar-refractivity contribution >= 4 is 17.2 Å². The maximum Gasteiger partial charge on any atom is 0.284 e. The molecule has 1 N–H and O–H groups in total. The SMILES string of the molecule is CCONC(=O)c1cc2c(s1)CC[C@@H](C(C)(C)C)C2. The lowest BCUT2D eigenvalue weighted by Crippen LogP contribution is -2.26. The van der Waals surface area contributed by atoms with Crippen LogP contribution in [-0.4, -0.2) is 12.5 Å². The number of aryl methyl sites for hydroxylation is 1. The van der Waals surface area contributed by atoms with Crippen LogP contribution in [0.1, 0.15) is 54.2 Å². The van der Waals surface area contributed by atoms with E-state index in [1.165, 1.54) is 16.9 Å². The van der Waals surface area contributed by atoms with Crippen LogP contribution in [0.15, 0.2) is 6.07 Å². The summed E-state index contributed by atoms with van der Waals surface area (Å²) in [6.45, 7) is 9.25. The minimum Gasteiger partial charge on any atom is -0.274 e. The second-order valence-corrected chi connectivity index (χ2v) is 7.37. The molecule has 0 fully saturated rings. The van der Waals surface area contributed by atoms with E-state index in [0.717, 1.165) is 17.7 Å². The van der Waals surface area contributed by atoms with Gasteiger partial charge in [-0.2, -0.15) is 0 Å². The molecule has 0 spiro atoms. The lowest BCUT2D eigenvalue weighted by atomic mass is 9.72. The molecule has 1 atom stereocenters.